The van der Waals surface area contributed by atoms with Crippen LogP contribution in [0.2, 0.25) is 0 Å². The Morgan fingerprint density at radius 2 is 2.11 bits per heavy atom. The summed E-state index contributed by atoms with van der Waals surface area (Å²) in [5.41, 5.74) is 2.26. The van der Waals surface area contributed by atoms with Crippen LogP contribution >= 0.6 is 0 Å². The van der Waals surface area contributed by atoms with Crippen LogP contribution in [0, 0.1) is 6.92 Å². The highest BCUT2D eigenvalue weighted by molar-refractivity contribution is 5.20. The Hall–Kier alpha value is -1.75. The maximum atomic E-state index is 4.37. The first-order valence-electron chi connectivity index (χ1n) is 6.60. The third-order valence-corrected chi connectivity index (χ3v) is 3.19. The lowest BCUT2D eigenvalue weighted by Crippen LogP contribution is -2.21. The molecule has 0 amide bonds. The van der Waals surface area contributed by atoms with Gasteiger partial charge in [0.25, 0.3) is 0 Å². The first-order chi connectivity index (χ1) is 9.11. The van der Waals surface area contributed by atoms with Gasteiger partial charge < -0.3 is 5.32 Å². The van der Waals surface area contributed by atoms with Gasteiger partial charge >= 0.3 is 0 Å². The van der Waals surface area contributed by atoms with E-state index in [0.29, 0.717) is 6.04 Å². The molecule has 0 spiro atoms. The van der Waals surface area contributed by atoms with Gasteiger partial charge in [-0.25, -0.2) is 9.67 Å². The summed E-state index contributed by atoms with van der Waals surface area (Å²) in [7, 11) is 1.97. The zero-order valence-corrected chi connectivity index (χ0v) is 12.0. The maximum Gasteiger partial charge on any atom is 0.138 e. The molecule has 0 aliphatic carbocycles. The van der Waals surface area contributed by atoms with Crippen LogP contribution in [-0.4, -0.2) is 26.8 Å². The van der Waals surface area contributed by atoms with Gasteiger partial charge in [0.05, 0.1) is 0 Å². The minimum atomic E-state index is 0.225. The SMILES string of the molecule is CNC(Cc1ncnn1C(C)C)c1ccnc(C)c1. The van der Waals surface area contributed by atoms with E-state index in [4.69, 9.17) is 0 Å². The fourth-order valence-corrected chi connectivity index (χ4v) is 2.20. The maximum absolute atomic E-state index is 4.37. The van der Waals surface area contributed by atoms with E-state index >= 15 is 0 Å². The quantitative estimate of drug-likeness (QED) is 0.893. The van der Waals surface area contributed by atoms with Crippen molar-refractivity contribution in [1.29, 1.82) is 0 Å². The molecule has 2 aromatic rings. The second-order valence-electron chi connectivity index (χ2n) is 4.99. The highest BCUT2D eigenvalue weighted by Crippen LogP contribution is 2.18. The summed E-state index contributed by atoms with van der Waals surface area (Å²) in [6.45, 7) is 6.24. The van der Waals surface area contributed by atoms with E-state index in [0.717, 1.165) is 17.9 Å². The summed E-state index contributed by atoms with van der Waals surface area (Å²) in [6.07, 6.45) is 4.29. The van der Waals surface area contributed by atoms with E-state index in [2.05, 4.69) is 40.3 Å². The Morgan fingerprint density at radius 1 is 1.32 bits per heavy atom. The third-order valence-electron chi connectivity index (χ3n) is 3.19. The van der Waals surface area contributed by atoms with Crippen LogP contribution in [0.15, 0.2) is 24.7 Å². The van der Waals surface area contributed by atoms with Crippen molar-refractivity contribution in [3.63, 3.8) is 0 Å². The molecule has 0 fully saturated rings. The van der Waals surface area contributed by atoms with Crippen molar-refractivity contribution >= 4 is 0 Å². The molecule has 0 saturated heterocycles. The van der Waals surface area contributed by atoms with Gasteiger partial charge in [-0.1, -0.05) is 0 Å². The second kappa shape index (κ2) is 5.93. The van der Waals surface area contributed by atoms with E-state index in [1.54, 1.807) is 6.33 Å². The predicted molar refractivity (Wildman–Crippen MR) is 74.9 cm³/mol. The van der Waals surface area contributed by atoms with Crippen molar-refractivity contribution in [2.45, 2.75) is 39.3 Å². The first kappa shape index (κ1) is 13.7. The molecule has 1 atom stereocenters. The van der Waals surface area contributed by atoms with Crippen molar-refractivity contribution in [2.24, 2.45) is 0 Å². The van der Waals surface area contributed by atoms with Crippen LogP contribution < -0.4 is 5.32 Å². The first-order valence-corrected chi connectivity index (χ1v) is 6.60. The number of aryl methyl sites for hydroxylation is 1. The molecule has 102 valence electrons. The van der Waals surface area contributed by atoms with Gasteiger partial charge in [-0.3, -0.25) is 4.98 Å². The number of nitrogens with one attached hydrogen (secondary N) is 1. The fourth-order valence-electron chi connectivity index (χ4n) is 2.20. The largest absolute Gasteiger partial charge is 0.313 e. The molecular formula is C14H21N5. The topological polar surface area (TPSA) is 55.6 Å². The Labute approximate surface area is 114 Å². The third kappa shape index (κ3) is 3.17. The average molecular weight is 259 g/mol. The number of likely N-dealkylation sites (N-methyl/N-ethyl adjacent to an activating group) is 1. The lowest BCUT2D eigenvalue weighted by atomic mass is 10.0. The molecule has 0 saturated carbocycles. The summed E-state index contributed by atoms with van der Waals surface area (Å²) >= 11 is 0. The van der Waals surface area contributed by atoms with E-state index in [1.165, 1.54) is 5.56 Å². The van der Waals surface area contributed by atoms with Gasteiger partial charge in [-0.15, -0.1) is 0 Å². The van der Waals surface area contributed by atoms with Gasteiger partial charge in [0.15, 0.2) is 0 Å². The summed E-state index contributed by atoms with van der Waals surface area (Å²) in [6, 6.07) is 4.71. The highest BCUT2D eigenvalue weighted by atomic mass is 15.3. The molecule has 0 aromatic carbocycles. The number of hydrogen-bond acceptors (Lipinski definition) is 4. The predicted octanol–water partition coefficient (Wildman–Crippen LogP) is 2.07. The molecule has 2 aromatic heterocycles. The number of pyridine rings is 1. The van der Waals surface area contributed by atoms with Gasteiger partial charge in [-0.2, -0.15) is 5.10 Å². The number of nitrogens with zero attached hydrogens (tertiary/aromatic N) is 4. The van der Waals surface area contributed by atoms with Crippen LogP contribution in [0.4, 0.5) is 0 Å². The summed E-state index contributed by atoms with van der Waals surface area (Å²) in [5.74, 6) is 1.00. The molecule has 0 aliphatic heterocycles. The monoisotopic (exact) mass is 259 g/mol. The van der Waals surface area contributed by atoms with E-state index < -0.39 is 0 Å². The van der Waals surface area contributed by atoms with Gasteiger partial charge in [0, 0.05) is 30.4 Å². The minimum Gasteiger partial charge on any atom is -0.313 e. The summed E-state index contributed by atoms with van der Waals surface area (Å²) < 4.78 is 1.97. The minimum absolute atomic E-state index is 0.225. The molecule has 2 heterocycles. The zero-order chi connectivity index (χ0) is 13.8. The number of rotatable bonds is 5. The van der Waals surface area contributed by atoms with E-state index in [1.807, 2.05) is 30.9 Å². The van der Waals surface area contributed by atoms with Gasteiger partial charge in [0.1, 0.15) is 12.2 Å². The molecule has 0 bridgehead atoms. The molecule has 0 radical (unpaired) electrons. The Morgan fingerprint density at radius 3 is 2.74 bits per heavy atom. The lowest BCUT2D eigenvalue weighted by Gasteiger charge is -2.18. The summed E-state index contributed by atoms with van der Waals surface area (Å²) in [4.78, 5) is 8.61. The Bertz CT molecular complexity index is 532. The molecule has 1 N–H and O–H groups in total. The Kier molecular flexibility index (Phi) is 4.27. The van der Waals surface area contributed by atoms with Crippen molar-refractivity contribution in [1.82, 2.24) is 25.1 Å². The van der Waals surface area contributed by atoms with E-state index in [-0.39, 0.29) is 6.04 Å². The summed E-state index contributed by atoms with van der Waals surface area (Å²) in [5, 5.41) is 7.62. The molecule has 1 unspecified atom stereocenters. The van der Waals surface area contributed by atoms with Gasteiger partial charge in [-0.05, 0) is 45.5 Å². The standard InChI is InChI=1S/C14H21N5/c1-10(2)19-14(17-9-18-19)8-13(15-4)12-5-6-16-11(3)7-12/h5-7,9-10,13,15H,8H2,1-4H3. The molecular weight excluding hydrogens is 238 g/mol. The lowest BCUT2D eigenvalue weighted by molar-refractivity contribution is 0.477. The Balaban J connectivity index is 2.22. The van der Waals surface area contributed by atoms with Crippen molar-refractivity contribution in [3.8, 4) is 0 Å². The van der Waals surface area contributed by atoms with Crippen LogP contribution in [-0.2, 0) is 6.42 Å². The number of aromatic nitrogens is 4. The van der Waals surface area contributed by atoms with Crippen LogP contribution in [0.5, 0.6) is 0 Å². The highest BCUT2D eigenvalue weighted by Gasteiger charge is 2.15. The molecule has 0 aliphatic rings. The molecule has 19 heavy (non-hydrogen) atoms. The fraction of sp³-hybridized carbons (Fsp3) is 0.500. The second-order valence-corrected chi connectivity index (χ2v) is 4.99. The van der Waals surface area contributed by atoms with Crippen LogP contribution in [0.3, 0.4) is 0 Å². The molecule has 5 heteroatoms. The van der Waals surface area contributed by atoms with Crippen LogP contribution in [0.1, 0.15) is 43.0 Å². The molecule has 5 nitrogen and oxygen atoms in total. The normalized spacial score (nSPS) is 12.9. The average Bonchev–Trinajstić information content (AvgIpc) is 2.84. The van der Waals surface area contributed by atoms with Crippen LogP contribution in [0.25, 0.3) is 0 Å². The molecule has 2 rings (SSSR count). The van der Waals surface area contributed by atoms with Crippen molar-refractivity contribution < 1.29 is 0 Å². The van der Waals surface area contributed by atoms with Crippen molar-refractivity contribution in [2.75, 3.05) is 7.05 Å². The zero-order valence-electron chi connectivity index (χ0n) is 12.0. The van der Waals surface area contributed by atoms with E-state index in [9.17, 15) is 0 Å². The van der Waals surface area contributed by atoms with Gasteiger partial charge in [0.2, 0.25) is 0 Å². The number of hydrogen-bond donors (Lipinski definition) is 1. The smallest absolute Gasteiger partial charge is 0.138 e. The van der Waals surface area contributed by atoms with Crippen molar-refractivity contribution in [3.05, 3.63) is 41.7 Å².